The maximum atomic E-state index is 12.0. The van der Waals surface area contributed by atoms with Gasteiger partial charge in [0, 0.05) is 5.39 Å². The fraction of sp³-hybridized carbons (Fsp3) is 0.0909. The third-order valence-electron chi connectivity index (χ3n) is 2.01. The zero-order valence-corrected chi connectivity index (χ0v) is 8.34. The van der Waals surface area contributed by atoms with Crippen molar-refractivity contribution in [1.29, 1.82) is 0 Å². The molecule has 0 radical (unpaired) electrons. The van der Waals surface area contributed by atoms with Gasteiger partial charge in [0.05, 0.1) is 5.02 Å². The molecule has 2 aromatic rings. The Morgan fingerprint density at radius 3 is 2.60 bits per heavy atom. The first-order valence-corrected chi connectivity index (χ1v) is 4.68. The molecule has 2 aromatic carbocycles. The Hall–Kier alpha value is -1.35. The van der Waals surface area contributed by atoms with Gasteiger partial charge in [0.15, 0.2) is 0 Å². The molecule has 2 rings (SSSR count). The molecule has 0 N–H and O–H groups in total. The third-order valence-corrected chi connectivity index (χ3v) is 2.32. The Bertz CT molecular complexity index is 485. The van der Waals surface area contributed by atoms with E-state index in [4.69, 9.17) is 11.6 Å². The molecule has 0 saturated carbocycles. The molecule has 78 valence electrons. The van der Waals surface area contributed by atoms with E-state index in [1.54, 1.807) is 6.07 Å². The molecule has 0 aromatic heterocycles. The second-order valence-corrected chi connectivity index (χ2v) is 3.41. The van der Waals surface area contributed by atoms with Crippen LogP contribution in [-0.2, 0) is 0 Å². The molecule has 0 heterocycles. The second kappa shape index (κ2) is 4.03. The Morgan fingerprint density at radius 2 is 1.87 bits per heavy atom. The van der Waals surface area contributed by atoms with E-state index < -0.39 is 6.61 Å². The standard InChI is InChI=1S/C11H7ClF2O/c12-10-6-8(15-11(13)14)5-7-3-1-2-4-9(7)10/h1-6,11H. The molecule has 0 aliphatic rings. The van der Waals surface area contributed by atoms with E-state index in [0.29, 0.717) is 5.02 Å². The normalized spacial score (nSPS) is 10.9. The van der Waals surface area contributed by atoms with Gasteiger partial charge in [0.25, 0.3) is 0 Å². The lowest BCUT2D eigenvalue weighted by Crippen LogP contribution is -2.01. The smallest absolute Gasteiger partial charge is 0.387 e. The SMILES string of the molecule is FC(F)Oc1cc(Cl)c2ccccc2c1. The van der Waals surface area contributed by atoms with Gasteiger partial charge < -0.3 is 4.74 Å². The van der Waals surface area contributed by atoms with Crippen molar-refractivity contribution in [3.63, 3.8) is 0 Å². The van der Waals surface area contributed by atoms with Crippen LogP contribution < -0.4 is 4.74 Å². The highest BCUT2D eigenvalue weighted by Gasteiger charge is 2.07. The monoisotopic (exact) mass is 228 g/mol. The molecule has 0 atom stereocenters. The van der Waals surface area contributed by atoms with Gasteiger partial charge in [0.1, 0.15) is 5.75 Å². The summed E-state index contributed by atoms with van der Waals surface area (Å²) in [6.07, 6.45) is 0. The van der Waals surface area contributed by atoms with Crippen molar-refractivity contribution in [2.45, 2.75) is 6.61 Å². The molecule has 0 unspecified atom stereocenters. The van der Waals surface area contributed by atoms with E-state index in [-0.39, 0.29) is 5.75 Å². The maximum Gasteiger partial charge on any atom is 0.387 e. The maximum absolute atomic E-state index is 12.0. The van der Waals surface area contributed by atoms with Crippen LogP contribution in [0.3, 0.4) is 0 Å². The van der Waals surface area contributed by atoms with Crippen molar-refractivity contribution in [3.05, 3.63) is 41.4 Å². The van der Waals surface area contributed by atoms with Gasteiger partial charge in [0.2, 0.25) is 0 Å². The molecule has 0 bridgehead atoms. The van der Waals surface area contributed by atoms with Crippen molar-refractivity contribution in [2.24, 2.45) is 0 Å². The Kier molecular flexibility index (Phi) is 2.73. The molecule has 0 aliphatic carbocycles. The van der Waals surface area contributed by atoms with Crippen LogP contribution in [0.2, 0.25) is 5.02 Å². The fourth-order valence-electron chi connectivity index (χ4n) is 1.41. The number of rotatable bonds is 2. The molecule has 1 nitrogen and oxygen atoms in total. The summed E-state index contributed by atoms with van der Waals surface area (Å²) in [6.45, 7) is -2.83. The van der Waals surface area contributed by atoms with Gasteiger partial charge in [-0.2, -0.15) is 8.78 Å². The Labute approximate surface area is 90.2 Å². The first-order chi connectivity index (χ1) is 7.16. The minimum absolute atomic E-state index is 0.0775. The average molecular weight is 229 g/mol. The average Bonchev–Trinajstić information content (AvgIpc) is 2.16. The summed E-state index contributed by atoms with van der Waals surface area (Å²) in [6, 6.07) is 10.2. The molecule has 0 saturated heterocycles. The first-order valence-electron chi connectivity index (χ1n) is 4.30. The predicted molar refractivity (Wildman–Crippen MR) is 55.6 cm³/mol. The van der Waals surface area contributed by atoms with Crippen molar-refractivity contribution in [3.8, 4) is 5.75 Å². The molecular weight excluding hydrogens is 222 g/mol. The number of halogens is 3. The molecule has 0 aliphatic heterocycles. The van der Waals surface area contributed by atoms with E-state index in [1.807, 2.05) is 18.2 Å². The van der Waals surface area contributed by atoms with Gasteiger partial charge in [-0.3, -0.25) is 0 Å². The minimum atomic E-state index is -2.83. The number of fused-ring (bicyclic) bond motifs is 1. The summed E-state index contributed by atoms with van der Waals surface area (Å²) in [4.78, 5) is 0. The highest BCUT2D eigenvalue weighted by molar-refractivity contribution is 6.35. The molecule has 0 amide bonds. The first kappa shape index (κ1) is 10.2. The molecule has 0 fully saturated rings. The molecular formula is C11H7ClF2O. The third kappa shape index (κ3) is 2.18. The van der Waals surface area contributed by atoms with Gasteiger partial charge in [-0.1, -0.05) is 35.9 Å². The van der Waals surface area contributed by atoms with Gasteiger partial charge >= 0.3 is 6.61 Å². The largest absolute Gasteiger partial charge is 0.435 e. The zero-order valence-electron chi connectivity index (χ0n) is 7.58. The summed E-state index contributed by atoms with van der Waals surface area (Å²) in [5, 5.41) is 2.00. The van der Waals surface area contributed by atoms with Crippen molar-refractivity contribution >= 4 is 22.4 Å². The van der Waals surface area contributed by atoms with E-state index in [0.717, 1.165) is 10.8 Å². The van der Waals surface area contributed by atoms with E-state index in [2.05, 4.69) is 4.74 Å². The van der Waals surface area contributed by atoms with Crippen LogP contribution in [-0.4, -0.2) is 6.61 Å². The summed E-state index contributed by atoms with van der Waals surface area (Å²) < 4.78 is 28.3. The van der Waals surface area contributed by atoms with Crippen molar-refractivity contribution in [2.75, 3.05) is 0 Å². The Balaban J connectivity index is 2.52. The van der Waals surface area contributed by atoms with Crippen LogP contribution in [0.1, 0.15) is 0 Å². The Morgan fingerprint density at radius 1 is 1.13 bits per heavy atom. The fourth-order valence-corrected chi connectivity index (χ4v) is 1.69. The van der Waals surface area contributed by atoms with E-state index in [1.165, 1.54) is 12.1 Å². The lowest BCUT2D eigenvalue weighted by Gasteiger charge is -2.07. The van der Waals surface area contributed by atoms with Crippen molar-refractivity contribution < 1.29 is 13.5 Å². The van der Waals surface area contributed by atoms with Gasteiger partial charge in [-0.05, 0) is 17.5 Å². The predicted octanol–water partition coefficient (Wildman–Crippen LogP) is 4.09. The van der Waals surface area contributed by atoms with Crippen LogP contribution in [0.15, 0.2) is 36.4 Å². The van der Waals surface area contributed by atoms with Crippen LogP contribution in [0.25, 0.3) is 10.8 Å². The van der Waals surface area contributed by atoms with Crippen LogP contribution in [0, 0.1) is 0 Å². The van der Waals surface area contributed by atoms with E-state index in [9.17, 15) is 8.78 Å². The number of hydrogen-bond donors (Lipinski definition) is 0. The minimum Gasteiger partial charge on any atom is -0.435 e. The zero-order chi connectivity index (χ0) is 10.8. The summed E-state index contributed by atoms with van der Waals surface area (Å²) in [7, 11) is 0. The molecule has 15 heavy (non-hydrogen) atoms. The topological polar surface area (TPSA) is 9.23 Å². The lowest BCUT2D eigenvalue weighted by molar-refractivity contribution is -0.0497. The van der Waals surface area contributed by atoms with Gasteiger partial charge in [-0.25, -0.2) is 0 Å². The van der Waals surface area contributed by atoms with Crippen LogP contribution >= 0.6 is 11.6 Å². The van der Waals surface area contributed by atoms with Crippen LogP contribution in [0.4, 0.5) is 8.78 Å². The highest BCUT2D eigenvalue weighted by Crippen LogP contribution is 2.29. The number of benzene rings is 2. The number of alkyl halides is 2. The van der Waals surface area contributed by atoms with Crippen molar-refractivity contribution in [1.82, 2.24) is 0 Å². The van der Waals surface area contributed by atoms with E-state index >= 15 is 0 Å². The highest BCUT2D eigenvalue weighted by atomic mass is 35.5. The summed E-state index contributed by atoms with van der Waals surface area (Å²) in [5.74, 6) is 0.0775. The number of hydrogen-bond acceptors (Lipinski definition) is 1. The van der Waals surface area contributed by atoms with Gasteiger partial charge in [-0.15, -0.1) is 0 Å². The summed E-state index contributed by atoms with van der Waals surface area (Å²) in [5.41, 5.74) is 0. The number of ether oxygens (including phenoxy) is 1. The lowest BCUT2D eigenvalue weighted by atomic mass is 10.1. The summed E-state index contributed by atoms with van der Waals surface area (Å²) >= 11 is 5.92. The molecule has 0 spiro atoms. The second-order valence-electron chi connectivity index (χ2n) is 3.00. The molecule has 4 heteroatoms. The van der Waals surface area contributed by atoms with Crippen LogP contribution in [0.5, 0.6) is 5.75 Å². The quantitative estimate of drug-likeness (QED) is 0.752.